The predicted molar refractivity (Wildman–Crippen MR) is 132 cm³/mol. The van der Waals surface area contributed by atoms with Gasteiger partial charge in [0.1, 0.15) is 5.54 Å². The molecule has 2 aromatic carbocycles. The maximum Gasteiger partial charge on any atom is 0.333 e. The first kappa shape index (κ1) is 24.2. The molecule has 0 bridgehead atoms. The summed E-state index contributed by atoms with van der Waals surface area (Å²) in [6.07, 6.45) is 4.77. The van der Waals surface area contributed by atoms with Crippen LogP contribution in [0.2, 0.25) is 0 Å². The Hall–Kier alpha value is -3.52. The first-order chi connectivity index (χ1) is 17.2. The lowest BCUT2D eigenvalue weighted by atomic mass is 9.62. The third-order valence-corrected chi connectivity index (χ3v) is 9.44. The van der Waals surface area contributed by atoms with Gasteiger partial charge in [-0.15, -0.1) is 0 Å². The lowest BCUT2D eigenvalue weighted by Gasteiger charge is -2.42. The first-order valence-corrected chi connectivity index (χ1v) is 13.4. The van der Waals surface area contributed by atoms with Crippen LogP contribution < -0.4 is 0 Å². The minimum Gasteiger partial charge on any atom is -0.463 e. The third kappa shape index (κ3) is 3.38. The molecule has 1 amide bonds. The second-order valence-corrected chi connectivity index (χ2v) is 11.4. The van der Waals surface area contributed by atoms with Gasteiger partial charge in [-0.25, -0.2) is 17.5 Å². The van der Waals surface area contributed by atoms with E-state index in [9.17, 15) is 22.8 Å². The van der Waals surface area contributed by atoms with Crippen molar-refractivity contribution in [3.8, 4) is 0 Å². The number of fused-ring (bicyclic) bond motifs is 2. The van der Waals surface area contributed by atoms with E-state index < -0.39 is 38.8 Å². The number of carbonyl (C=O) groups excluding carboxylic acids is 3. The number of amides is 1. The average Bonchev–Trinajstić information content (AvgIpc) is 3.40. The first-order valence-electron chi connectivity index (χ1n) is 12.0. The molecule has 3 atom stereocenters. The van der Waals surface area contributed by atoms with E-state index in [0.717, 1.165) is 9.87 Å². The van der Waals surface area contributed by atoms with E-state index in [-0.39, 0.29) is 36.5 Å². The molecular weight excluding hydrogens is 478 g/mol. The van der Waals surface area contributed by atoms with Crippen molar-refractivity contribution in [2.24, 2.45) is 11.3 Å². The van der Waals surface area contributed by atoms with Crippen LogP contribution in [0.25, 0.3) is 0 Å². The van der Waals surface area contributed by atoms with E-state index in [4.69, 9.17) is 4.74 Å². The second-order valence-electron chi connectivity index (χ2n) is 9.62. The van der Waals surface area contributed by atoms with Gasteiger partial charge in [0.15, 0.2) is 5.78 Å². The van der Waals surface area contributed by atoms with Crippen molar-refractivity contribution in [2.45, 2.75) is 43.5 Å². The van der Waals surface area contributed by atoms with Crippen LogP contribution in [0.15, 0.2) is 83.3 Å². The Labute approximate surface area is 210 Å². The van der Waals surface area contributed by atoms with Crippen molar-refractivity contribution in [1.29, 1.82) is 0 Å². The zero-order chi connectivity index (χ0) is 25.7. The number of nitrogens with zero attached hydrogens (tertiary/aromatic N) is 1. The molecule has 2 aliphatic carbocycles. The lowest BCUT2D eigenvalue weighted by molar-refractivity contribution is -0.139. The molecule has 36 heavy (non-hydrogen) atoms. The van der Waals surface area contributed by atoms with Gasteiger partial charge < -0.3 is 4.74 Å². The summed E-state index contributed by atoms with van der Waals surface area (Å²) >= 11 is 0. The van der Waals surface area contributed by atoms with E-state index in [0.29, 0.717) is 11.1 Å². The van der Waals surface area contributed by atoms with E-state index in [1.54, 1.807) is 55.5 Å². The lowest BCUT2D eigenvalue weighted by Crippen LogP contribution is -2.50. The Morgan fingerprint density at radius 1 is 1.08 bits per heavy atom. The molecule has 5 rings (SSSR count). The molecule has 3 aliphatic rings. The summed E-state index contributed by atoms with van der Waals surface area (Å²) in [5.41, 5.74) is -0.853. The maximum absolute atomic E-state index is 14.4. The largest absolute Gasteiger partial charge is 0.463 e. The number of ketones is 1. The summed E-state index contributed by atoms with van der Waals surface area (Å²) < 4.78 is 34.6. The molecule has 0 unspecified atom stereocenters. The Morgan fingerprint density at radius 3 is 2.44 bits per heavy atom. The SMILES string of the molecule is CCOC(=O)C1=CC[C@@]2(C1)C(=O)N(S(=O)(=O)c1ccc(C)cc1)[C@]1(c3ccccc3)C=CC(=O)C[C@H]21. The van der Waals surface area contributed by atoms with E-state index >= 15 is 0 Å². The molecule has 0 N–H and O–H groups in total. The van der Waals surface area contributed by atoms with E-state index in [2.05, 4.69) is 0 Å². The molecule has 1 saturated heterocycles. The fraction of sp³-hybridized carbons (Fsp3) is 0.321. The Bertz CT molecular complexity index is 1410. The average molecular weight is 506 g/mol. The quantitative estimate of drug-likeness (QED) is 0.573. The fourth-order valence-electron chi connectivity index (χ4n) is 5.95. The third-order valence-electron chi connectivity index (χ3n) is 7.63. The molecule has 8 heteroatoms. The normalized spacial score (nSPS) is 27.3. The van der Waals surface area contributed by atoms with Crippen molar-refractivity contribution in [3.05, 3.63) is 89.5 Å². The number of hydrogen-bond acceptors (Lipinski definition) is 6. The van der Waals surface area contributed by atoms with Gasteiger partial charge >= 0.3 is 5.97 Å². The van der Waals surface area contributed by atoms with Crippen LogP contribution in [0, 0.1) is 18.3 Å². The van der Waals surface area contributed by atoms with Gasteiger partial charge in [-0.2, -0.15) is 0 Å². The van der Waals surface area contributed by atoms with Gasteiger partial charge in [-0.3, -0.25) is 9.59 Å². The smallest absolute Gasteiger partial charge is 0.333 e. The second kappa shape index (κ2) is 8.55. The molecule has 1 fully saturated rings. The van der Waals surface area contributed by atoms with Gasteiger partial charge in [0, 0.05) is 17.9 Å². The minimum atomic E-state index is -4.33. The molecular formula is C28H27NO6S. The van der Waals surface area contributed by atoms with Crippen molar-refractivity contribution in [3.63, 3.8) is 0 Å². The number of aryl methyl sites for hydroxylation is 1. The minimum absolute atomic E-state index is 0.00516. The molecule has 1 aliphatic heterocycles. The van der Waals surface area contributed by atoms with Crippen LogP contribution in [-0.4, -0.2) is 37.0 Å². The van der Waals surface area contributed by atoms with Crippen molar-refractivity contribution >= 4 is 27.7 Å². The maximum atomic E-state index is 14.4. The molecule has 1 spiro atoms. The predicted octanol–water partition coefficient (Wildman–Crippen LogP) is 3.84. The molecule has 186 valence electrons. The molecule has 0 aromatic heterocycles. The van der Waals surface area contributed by atoms with Gasteiger partial charge in [0.25, 0.3) is 10.0 Å². The number of ether oxygens (including phenoxy) is 1. The van der Waals surface area contributed by atoms with Crippen LogP contribution in [-0.2, 0) is 34.7 Å². The van der Waals surface area contributed by atoms with Gasteiger partial charge in [-0.1, -0.05) is 54.1 Å². The van der Waals surface area contributed by atoms with Gasteiger partial charge in [0.2, 0.25) is 5.91 Å². The van der Waals surface area contributed by atoms with Crippen LogP contribution in [0.1, 0.15) is 37.3 Å². The van der Waals surface area contributed by atoms with Crippen molar-refractivity contribution < 1.29 is 27.5 Å². The fourth-order valence-corrected chi connectivity index (χ4v) is 7.73. The topological polar surface area (TPSA) is 97.8 Å². The number of hydrogen-bond donors (Lipinski definition) is 0. The van der Waals surface area contributed by atoms with Crippen molar-refractivity contribution in [2.75, 3.05) is 6.61 Å². The number of benzene rings is 2. The van der Waals surface area contributed by atoms with E-state index in [1.165, 1.54) is 18.2 Å². The summed E-state index contributed by atoms with van der Waals surface area (Å²) in [6.45, 7) is 3.74. The van der Waals surface area contributed by atoms with Gasteiger partial charge in [0.05, 0.1) is 16.9 Å². The Morgan fingerprint density at radius 2 is 1.78 bits per heavy atom. The molecule has 0 saturated carbocycles. The standard InChI is InChI=1S/C28H27NO6S/c1-3-35-25(31)20-13-15-27(18-20)24-17-22(30)14-16-28(24,21-7-5-4-6-8-21)29(26(27)32)36(33,34)23-11-9-19(2)10-12-23/h4-14,16,24H,3,15,17-18H2,1-2H3/t24-,27+,28+/m1/s1. The van der Waals surface area contributed by atoms with Crippen LogP contribution >= 0.6 is 0 Å². The Balaban J connectivity index is 1.74. The van der Waals surface area contributed by atoms with Crippen LogP contribution in [0.5, 0.6) is 0 Å². The van der Waals surface area contributed by atoms with Crippen LogP contribution in [0.4, 0.5) is 0 Å². The molecule has 7 nitrogen and oxygen atoms in total. The molecule has 0 radical (unpaired) electrons. The van der Waals surface area contributed by atoms with Gasteiger partial charge in [-0.05, 0) is 56.5 Å². The molecule has 1 heterocycles. The highest BCUT2D eigenvalue weighted by molar-refractivity contribution is 7.89. The highest BCUT2D eigenvalue weighted by atomic mass is 32.2. The summed E-state index contributed by atoms with van der Waals surface area (Å²) in [5.74, 6) is -2.00. The summed E-state index contributed by atoms with van der Waals surface area (Å²) in [4.78, 5) is 39.7. The number of rotatable bonds is 5. The number of sulfonamides is 1. The zero-order valence-corrected chi connectivity index (χ0v) is 21.0. The summed E-state index contributed by atoms with van der Waals surface area (Å²) in [7, 11) is -4.33. The molecule has 2 aromatic rings. The van der Waals surface area contributed by atoms with Crippen molar-refractivity contribution in [1.82, 2.24) is 4.31 Å². The number of carbonyl (C=O) groups is 3. The monoisotopic (exact) mass is 505 g/mol. The van der Waals surface area contributed by atoms with Crippen LogP contribution in [0.3, 0.4) is 0 Å². The summed E-state index contributed by atoms with van der Waals surface area (Å²) in [6, 6.07) is 15.3. The number of allylic oxidation sites excluding steroid dienone is 2. The number of esters is 1. The summed E-state index contributed by atoms with van der Waals surface area (Å²) in [5, 5.41) is 0. The highest BCUT2D eigenvalue weighted by Crippen LogP contribution is 2.63. The Kier molecular flexibility index (Phi) is 5.75. The van der Waals surface area contributed by atoms with E-state index in [1.807, 2.05) is 13.0 Å². The zero-order valence-electron chi connectivity index (χ0n) is 20.1. The highest BCUT2D eigenvalue weighted by Gasteiger charge is 2.71.